The lowest BCUT2D eigenvalue weighted by molar-refractivity contribution is -0.189. The number of aldehydes is 2. The van der Waals surface area contributed by atoms with E-state index in [2.05, 4.69) is 16.0 Å². The maximum absolute atomic E-state index is 13.6. The summed E-state index contributed by atoms with van der Waals surface area (Å²) in [6.45, 7) is 5.75. The Balaban J connectivity index is 1.70. The van der Waals surface area contributed by atoms with Crippen molar-refractivity contribution in [1.82, 2.24) is 16.0 Å². The van der Waals surface area contributed by atoms with E-state index in [4.69, 9.17) is 9.84 Å². The van der Waals surface area contributed by atoms with E-state index in [1.165, 1.54) is 0 Å². The van der Waals surface area contributed by atoms with Crippen LogP contribution in [0.25, 0.3) is 0 Å². The molecule has 7 N–H and O–H groups in total. The first-order valence-corrected chi connectivity index (χ1v) is 22.4. The number of nitrogens with one attached hydrogen (secondary N) is 3. The maximum atomic E-state index is 13.6. The van der Waals surface area contributed by atoms with Gasteiger partial charge in [-0.3, -0.25) is 23.7 Å². The average Bonchev–Trinajstić information content (AvgIpc) is 3.09. The lowest BCUT2D eigenvalue weighted by Gasteiger charge is -2.71. The van der Waals surface area contributed by atoms with E-state index < -0.39 is 91.0 Å². The monoisotopic (exact) mass is 841 g/mol. The predicted molar refractivity (Wildman–Crippen MR) is 210 cm³/mol. The average molecular weight is 842 g/mol. The van der Waals surface area contributed by atoms with Gasteiger partial charge >= 0.3 is 24.0 Å². The molecule has 0 spiro atoms. The summed E-state index contributed by atoms with van der Waals surface area (Å²) < 4.78 is 18.1. The maximum Gasteiger partial charge on any atom is 0.407 e. The summed E-state index contributed by atoms with van der Waals surface area (Å²) >= 11 is 0. The molecule has 18 heteroatoms. The Morgan fingerprint density at radius 1 is 0.741 bits per heavy atom. The fourth-order valence-electron chi connectivity index (χ4n) is 10.7. The van der Waals surface area contributed by atoms with Crippen molar-refractivity contribution >= 4 is 55.8 Å². The smallest absolute Gasteiger partial charge is 0.407 e. The predicted octanol–water partition coefficient (Wildman–Crippen LogP) is 4.80. The molecule has 4 bridgehead atoms. The number of amides is 3. The van der Waals surface area contributed by atoms with E-state index in [0.29, 0.717) is 90.0 Å². The molecule has 0 saturated heterocycles. The molecule has 17 nitrogen and oxygen atoms in total. The van der Waals surface area contributed by atoms with E-state index in [1.54, 1.807) is 20.8 Å². The van der Waals surface area contributed by atoms with Gasteiger partial charge in [-0.05, 0) is 120 Å². The molecule has 4 unspecified atom stereocenters. The largest absolute Gasteiger partial charge is 0.481 e. The highest BCUT2D eigenvalue weighted by molar-refractivity contribution is 7.58. The minimum Gasteiger partial charge on any atom is -0.481 e. The van der Waals surface area contributed by atoms with Crippen LogP contribution in [0.4, 0.5) is 4.79 Å². The van der Waals surface area contributed by atoms with Crippen LogP contribution in [0.3, 0.4) is 0 Å². The normalized spacial score (nSPS) is 26.7. The van der Waals surface area contributed by atoms with Crippen molar-refractivity contribution in [1.29, 1.82) is 0 Å². The highest BCUT2D eigenvalue weighted by Gasteiger charge is 2.67. The van der Waals surface area contributed by atoms with E-state index in [9.17, 15) is 58.0 Å². The number of unbranched alkanes of at least 4 members (excludes halogenated alkanes) is 2. The van der Waals surface area contributed by atoms with E-state index in [-0.39, 0.29) is 36.0 Å². The number of hydrogen-bond donors (Lipinski definition) is 7. The number of carboxylic acids is 3. The molecule has 0 heterocycles. The third kappa shape index (κ3) is 15.1. The Kier molecular flexibility index (Phi) is 17.1. The number of rotatable bonds is 27. The molecule has 328 valence electrons. The van der Waals surface area contributed by atoms with Crippen LogP contribution in [-0.4, -0.2) is 105 Å². The van der Waals surface area contributed by atoms with Gasteiger partial charge in [-0.25, -0.2) is 9.59 Å². The van der Waals surface area contributed by atoms with Gasteiger partial charge in [0, 0.05) is 56.5 Å². The van der Waals surface area contributed by atoms with Gasteiger partial charge in [-0.2, -0.15) is 0 Å². The van der Waals surface area contributed by atoms with Crippen molar-refractivity contribution in [2.24, 2.45) is 22.2 Å². The molecule has 0 aromatic carbocycles. The van der Waals surface area contributed by atoms with Gasteiger partial charge in [0.05, 0.1) is 5.92 Å². The lowest BCUT2D eigenvalue weighted by Crippen LogP contribution is -2.69. The standard InChI is InChI=1S/C40H64N3O14P/c1-36(2,3)57-35(54)41-17-6-4-5-9-31(47)43-40-25-37(14-7-18-44)22-38(26-40,15-8-19-45)24-39(23-37,27-40)16-12-30(46)42-29(34(52)53)13-20-58(55,56)21-28(33(50)51)10-11-32(48)49/h18-19,28-29H,4-17,20-27H2,1-3H3,(H,41,54)(H,42,46)(H,43,47)(H,48,49)(H,50,51)(H,52,53)(H,55,56)/t28?,29-,37?,38?,39?,40?/m0/s1. The Morgan fingerprint density at radius 3 is 1.81 bits per heavy atom. The Bertz CT molecular complexity index is 1550. The summed E-state index contributed by atoms with van der Waals surface area (Å²) in [6.07, 6.45) is 7.02. The van der Waals surface area contributed by atoms with Crippen LogP contribution in [0.2, 0.25) is 0 Å². The van der Waals surface area contributed by atoms with Gasteiger partial charge in [0.1, 0.15) is 24.2 Å². The van der Waals surface area contributed by atoms with Crippen molar-refractivity contribution in [3.05, 3.63) is 0 Å². The van der Waals surface area contributed by atoms with Crippen LogP contribution < -0.4 is 16.0 Å². The van der Waals surface area contributed by atoms with Crippen molar-refractivity contribution < 1.29 is 67.9 Å². The Morgan fingerprint density at radius 2 is 1.31 bits per heavy atom. The van der Waals surface area contributed by atoms with Gasteiger partial charge in [-0.1, -0.05) is 6.42 Å². The molecule has 4 aliphatic carbocycles. The second-order valence-corrected chi connectivity index (χ2v) is 21.0. The minimum atomic E-state index is -4.22. The summed E-state index contributed by atoms with van der Waals surface area (Å²) in [5.41, 5.74) is -2.33. The quantitative estimate of drug-likeness (QED) is 0.0333. The molecule has 4 rings (SSSR count). The second kappa shape index (κ2) is 20.4. The Hall–Kier alpha value is -3.85. The van der Waals surface area contributed by atoms with Crippen molar-refractivity contribution in [3.8, 4) is 0 Å². The van der Waals surface area contributed by atoms with E-state index in [0.717, 1.165) is 19.0 Å². The zero-order chi connectivity index (χ0) is 43.4. The molecule has 58 heavy (non-hydrogen) atoms. The molecule has 4 saturated carbocycles. The highest BCUT2D eigenvalue weighted by atomic mass is 31.2. The third-order valence-corrected chi connectivity index (χ3v) is 13.9. The summed E-state index contributed by atoms with van der Waals surface area (Å²) in [7, 11) is -4.22. The van der Waals surface area contributed by atoms with Gasteiger partial charge in [0.15, 0.2) is 0 Å². The molecule has 0 aromatic heterocycles. The second-order valence-electron chi connectivity index (χ2n) is 18.5. The zero-order valence-corrected chi connectivity index (χ0v) is 35.1. The number of alkyl carbamates (subject to hydrolysis) is 1. The lowest BCUT2D eigenvalue weighted by atomic mass is 9.35. The Labute approximate surface area is 340 Å². The topological polar surface area (TPSA) is 280 Å². The first-order valence-electron chi connectivity index (χ1n) is 20.4. The van der Waals surface area contributed by atoms with Crippen LogP contribution in [0.5, 0.6) is 0 Å². The van der Waals surface area contributed by atoms with Crippen LogP contribution in [0, 0.1) is 22.2 Å². The van der Waals surface area contributed by atoms with Crippen molar-refractivity contribution in [3.63, 3.8) is 0 Å². The summed E-state index contributed by atoms with van der Waals surface area (Å²) in [4.78, 5) is 107. The molecule has 0 aromatic rings. The van der Waals surface area contributed by atoms with Gasteiger partial charge in [0.2, 0.25) is 19.2 Å². The molecule has 4 fully saturated rings. The van der Waals surface area contributed by atoms with Gasteiger partial charge < -0.3 is 50.5 Å². The number of carboxylic acid groups (broad SMARTS) is 3. The number of ether oxygens (including phenoxy) is 1. The SMILES string of the molecule is CC(C)(C)OC(=O)NCCCCCC(=O)NC12CC3(CCC=O)CC(CCC=O)(CC(CCC(=O)N[C@@H](CCP(=O)(O)CC(CCC(=O)O)C(=O)O)C(=O)O)(C3)C1)C2. The number of carbonyl (C=O) groups is 8. The number of aliphatic carboxylic acids is 3. The molecule has 5 atom stereocenters. The van der Waals surface area contributed by atoms with Crippen LogP contribution in [0.15, 0.2) is 0 Å². The number of hydrogen-bond acceptors (Lipinski definition) is 10. The highest BCUT2D eigenvalue weighted by Crippen LogP contribution is 2.74. The first-order chi connectivity index (χ1) is 27.0. The summed E-state index contributed by atoms with van der Waals surface area (Å²) in [5.74, 6) is -6.26. The minimum absolute atomic E-state index is 0.0777. The molecular formula is C40H64N3O14P. The fraction of sp³-hybridized carbons (Fsp3) is 0.800. The molecular weight excluding hydrogens is 777 g/mol. The van der Waals surface area contributed by atoms with E-state index >= 15 is 0 Å². The fourth-order valence-corrected chi connectivity index (χ4v) is 12.5. The first kappa shape index (κ1) is 48.5. The molecule has 0 aliphatic heterocycles. The summed E-state index contributed by atoms with van der Waals surface area (Å²) in [6, 6.07) is -1.54. The molecule has 4 aliphatic rings. The third-order valence-electron chi connectivity index (χ3n) is 12.0. The molecule has 0 radical (unpaired) electrons. The van der Waals surface area contributed by atoms with Crippen molar-refractivity contribution in [2.75, 3.05) is 18.9 Å². The molecule has 3 amide bonds. The van der Waals surface area contributed by atoms with Crippen LogP contribution in [0.1, 0.15) is 143 Å². The van der Waals surface area contributed by atoms with E-state index in [1.807, 2.05) is 0 Å². The number of carbonyl (C=O) groups excluding carboxylic acids is 5. The van der Waals surface area contributed by atoms with Crippen molar-refractivity contribution in [2.45, 2.75) is 160 Å². The van der Waals surface area contributed by atoms with Gasteiger partial charge in [0.25, 0.3) is 0 Å². The van der Waals surface area contributed by atoms with Crippen LogP contribution >= 0.6 is 7.37 Å². The van der Waals surface area contributed by atoms with Crippen LogP contribution in [-0.2, 0) is 42.9 Å². The van der Waals surface area contributed by atoms with Gasteiger partial charge in [-0.15, -0.1) is 0 Å². The summed E-state index contributed by atoms with van der Waals surface area (Å²) in [5, 5.41) is 36.8. The zero-order valence-electron chi connectivity index (χ0n) is 34.2.